The third-order valence-electron chi connectivity index (χ3n) is 5.43. The lowest BCUT2D eigenvalue weighted by Crippen LogP contribution is -2.56. The Bertz CT molecular complexity index is 301. The SMILES string of the molecule is CC1OCCC1(C)NC1CCOC2(CCCC2)C1. The quantitative estimate of drug-likeness (QED) is 0.820. The molecule has 0 aromatic rings. The lowest BCUT2D eigenvalue weighted by atomic mass is 9.86. The zero-order chi connectivity index (χ0) is 12.6. The number of ether oxygens (including phenoxy) is 2. The Balaban J connectivity index is 1.62. The first-order chi connectivity index (χ1) is 8.62. The molecule has 3 heteroatoms. The van der Waals surface area contributed by atoms with E-state index in [-0.39, 0.29) is 11.1 Å². The summed E-state index contributed by atoms with van der Waals surface area (Å²) in [6, 6.07) is 0.617. The van der Waals surface area contributed by atoms with E-state index in [4.69, 9.17) is 9.47 Å². The molecule has 3 atom stereocenters. The summed E-state index contributed by atoms with van der Waals surface area (Å²) in [5.74, 6) is 0. The van der Waals surface area contributed by atoms with Crippen molar-refractivity contribution in [1.29, 1.82) is 0 Å². The summed E-state index contributed by atoms with van der Waals surface area (Å²) < 4.78 is 11.8. The van der Waals surface area contributed by atoms with Crippen molar-refractivity contribution >= 4 is 0 Å². The van der Waals surface area contributed by atoms with E-state index in [1.54, 1.807) is 0 Å². The highest BCUT2D eigenvalue weighted by atomic mass is 16.5. The molecule has 2 aliphatic heterocycles. The topological polar surface area (TPSA) is 30.5 Å². The predicted molar refractivity (Wildman–Crippen MR) is 71.7 cm³/mol. The molecule has 1 aliphatic carbocycles. The van der Waals surface area contributed by atoms with Gasteiger partial charge in [-0.1, -0.05) is 12.8 Å². The molecular formula is C15H27NO2. The maximum atomic E-state index is 6.11. The van der Waals surface area contributed by atoms with Gasteiger partial charge in [0.1, 0.15) is 0 Å². The Morgan fingerprint density at radius 2 is 1.89 bits per heavy atom. The zero-order valence-corrected chi connectivity index (χ0v) is 11.8. The molecule has 3 fully saturated rings. The minimum Gasteiger partial charge on any atom is -0.377 e. The van der Waals surface area contributed by atoms with Gasteiger partial charge in [-0.15, -0.1) is 0 Å². The molecule has 3 aliphatic rings. The van der Waals surface area contributed by atoms with Crippen molar-refractivity contribution in [3.05, 3.63) is 0 Å². The predicted octanol–water partition coefficient (Wildman–Crippen LogP) is 2.64. The van der Waals surface area contributed by atoms with E-state index < -0.39 is 0 Å². The number of hydrogen-bond donors (Lipinski definition) is 1. The van der Waals surface area contributed by atoms with Crippen LogP contribution in [0.25, 0.3) is 0 Å². The van der Waals surface area contributed by atoms with Crippen molar-refractivity contribution in [2.75, 3.05) is 13.2 Å². The third kappa shape index (κ3) is 2.33. The summed E-state index contributed by atoms with van der Waals surface area (Å²) in [4.78, 5) is 0. The Hall–Kier alpha value is -0.120. The minimum atomic E-state index is 0.168. The van der Waals surface area contributed by atoms with Crippen molar-refractivity contribution < 1.29 is 9.47 Å². The summed E-state index contributed by atoms with van der Waals surface area (Å²) in [6.07, 6.45) is 9.08. The third-order valence-corrected chi connectivity index (χ3v) is 5.43. The van der Waals surface area contributed by atoms with Crippen LogP contribution in [0.1, 0.15) is 58.8 Å². The number of nitrogens with one attached hydrogen (secondary N) is 1. The van der Waals surface area contributed by atoms with Gasteiger partial charge in [-0.2, -0.15) is 0 Å². The van der Waals surface area contributed by atoms with Crippen LogP contribution < -0.4 is 5.32 Å². The van der Waals surface area contributed by atoms with Gasteiger partial charge in [0, 0.05) is 24.8 Å². The van der Waals surface area contributed by atoms with Crippen LogP contribution in [0.15, 0.2) is 0 Å². The zero-order valence-electron chi connectivity index (χ0n) is 11.8. The Morgan fingerprint density at radius 1 is 1.11 bits per heavy atom. The van der Waals surface area contributed by atoms with Crippen LogP contribution in [0.3, 0.4) is 0 Å². The first kappa shape index (κ1) is 12.9. The summed E-state index contributed by atoms with van der Waals surface area (Å²) in [5.41, 5.74) is 0.386. The van der Waals surface area contributed by atoms with E-state index in [0.29, 0.717) is 12.1 Å². The normalized spacial score (nSPS) is 43.7. The van der Waals surface area contributed by atoms with Crippen LogP contribution in [-0.4, -0.2) is 36.5 Å². The van der Waals surface area contributed by atoms with Crippen LogP contribution in [0.4, 0.5) is 0 Å². The van der Waals surface area contributed by atoms with Gasteiger partial charge < -0.3 is 14.8 Å². The largest absolute Gasteiger partial charge is 0.377 e. The fraction of sp³-hybridized carbons (Fsp3) is 1.00. The van der Waals surface area contributed by atoms with E-state index in [1.807, 2.05) is 0 Å². The smallest absolute Gasteiger partial charge is 0.0726 e. The van der Waals surface area contributed by atoms with E-state index in [1.165, 1.54) is 32.1 Å². The maximum absolute atomic E-state index is 6.11. The molecule has 1 saturated carbocycles. The molecule has 0 bridgehead atoms. The monoisotopic (exact) mass is 253 g/mol. The Morgan fingerprint density at radius 3 is 2.56 bits per heavy atom. The molecule has 0 amide bonds. The lowest BCUT2D eigenvalue weighted by Gasteiger charge is -2.42. The second kappa shape index (κ2) is 4.77. The van der Waals surface area contributed by atoms with Crippen LogP contribution in [0.5, 0.6) is 0 Å². The van der Waals surface area contributed by atoms with Gasteiger partial charge in [0.2, 0.25) is 0 Å². The van der Waals surface area contributed by atoms with Gasteiger partial charge in [0.15, 0.2) is 0 Å². The van der Waals surface area contributed by atoms with Gasteiger partial charge >= 0.3 is 0 Å². The van der Waals surface area contributed by atoms with Crippen LogP contribution in [0.2, 0.25) is 0 Å². The molecule has 1 N–H and O–H groups in total. The van der Waals surface area contributed by atoms with E-state index in [9.17, 15) is 0 Å². The molecular weight excluding hydrogens is 226 g/mol. The van der Waals surface area contributed by atoms with Crippen molar-refractivity contribution in [3.63, 3.8) is 0 Å². The maximum Gasteiger partial charge on any atom is 0.0726 e. The van der Waals surface area contributed by atoms with Crippen molar-refractivity contribution in [1.82, 2.24) is 5.32 Å². The molecule has 18 heavy (non-hydrogen) atoms. The van der Waals surface area contributed by atoms with Crippen LogP contribution >= 0.6 is 0 Å². The standard InChI is InChI=1S/C15H27NO2/c1-12-14(2,8-10-17-12)16-13-5-9-18-15(11-13)6-3-4-7-15/h12-13,16H,3-11H2,1-2H3. The summed E-state index contributed by atoms with van der Waals surface area (Å²) in [7, 11) is 0. The fourth-order valence-corrected chi connectivity index (χ4v) is 4.01. The van der Waals surface area contributed by atoms with Gasteiger partial charge in [-0.3, -0.25) is 0 Å². The van der Waals surface area contributed by atoms with Crippen LogP contribution in [-0.2, 0) is 9.47 Å². The highest BCUT2D eigenvalue weighted by molar-refractivity contribution is 5.00. The molecule has 2 heterocycles. The van der Waals surface area contributed by atoms with Crippen molar-refractivity contribution in [2.24, 2.45) is 0 Å². The first-order valence-electron chi connectivity index (χ1n) is 7.65. The highest BCUT2D eigenvalue weighted by Crippen LogP contribution is 2.40. The number of hydrogen-bond acceptors (Lipinski definition) is 3. The summed E-state index contributed by atoms with van der Waals surface area (Å²) in [6.45, 7) is 6.36. The van der Waals surface area contributed by atoms with Crippen molar-refractivity contribution in [2.45, 2.75) is 82.1 Å². The molecule has 104 valence electrons. The summed E-state index contributed by atoms with van der Waals surface area (Å²) >= 11 is 0. The van der Waals surface area contributed by atoms with Crippen LogP contribution in [0, 0.1) is 0 Å². The van der Waals surface area contributed by atoms with Gasteiger partial charge in [-0.05, 0) is 46.0 Å². The van der Waals surface area contributed by atoms with E-state index in [0.717, 1.165) is 26.1 Å². The Labute approximate surface area is 111 Å². The highest BCUT2D eigenvalue weighted by Gasteiger charge is 2.44. The molecule has 3 nitrogen and oxygen atoms in total. The summed E-state index contributed by atoms with van der Waals surface area (Å²) in [5, 5.41) is 3.89. The Kier molecular flexibility index (Phi) is 3.41. The lowest BCUT2D eigenvalue weighted by molar-refractivity contribution is -0.0878. The molecule has 2 saturated heterocycles. The first-order valence-corrected chi connectivity index (χ1v) is 7.65. The van der Waals surface area contributed by atoms with Gasteiger partial charge in [-0.25, -0.2) is 0 Å². The molecule has 0 aromatic heterocycles. The second-order valence-electron chi connectivity index (χ2n) is 6.75. The minimum absolute atomic E-state index is 0.168. The molecule has 3 rings (SSSR count). The fourth-order valence-electron chi connectivity index (χ4n) is 4.01. The van der Waals surface area contributed by atoms with Gasteiger partial charge in [0.05, 0.1) is 11.7 Å². The van der Waals surface area contributed by atoms with E-state index in [2.05, 4.69) is 19.2 Å². The van der Waals surface area contributed by atoms with Gasteiger partial charge in [0.25, 0.3) is 0 Å². The molecule has 0 aromatic carbocycles. The average Bonchev–Trinajstić information content (AvgIpc) is 2.89. The second-order valence-corrected chi connectivity index (χ2v) is 6.75. The molecule has 0 radical (unpaired) electrons. The van der Waals surface area contributed by atoms with E-state index >= 15 is 0 Å². The molecule has 1 spiro atoms. The van der Waals surface area contributed by atoms with Crippen molar-refractivity contribution in [3.8, 4) is 0 Å². The average molecular weight is 253 g/mol. The number of rotatable bonds is 2. The molecule has 3 unspecified atom stereocenters.